The summed E-state index contributed by atoms with van der Waals surface area (Å²) in [5.41, 5.74) is -0.0800. The van der Waals surface area contributed by atoms with E-state index in [-0.39, 0.29) is 5.69 Å². The summed E-state index contributed by atoms with van der Waals surface area (Å²) in [4.78, 5) is 34.9. The summed E-state index contributed by atoms with van der Waals surface area (Å²) in [5, 5.41) is 4.84. The zero-order chi connectivity index (χ0) is 19.1. The average molecular weight is 383 g/mol. The first-order valence-corrected chi connectivity index (χ1v) is 7.67. The molecule has 0 atom stereocenters. The Labute approximate surface area is 152 Å². The molecule has 0 aliphatic carbocycles. The van der Waals surface area contributed by atoms with Crippen LogP contribution in [0.4, 0.5) is 14.5 Å². The van der Waals surface area contributed by atoms with Crippen molar-refractivity contribution in [1.82, 2.24) is 5.32 Å². The van der Waals surface area contributed by atoms with Crippen molar-refractivity contribution in [2.45, 2.75) is 0 Å². The second-order valence-electron chi connectivity index (χ2n) is 5.02. The third-order valence-corrected chi connectivity index (χ3v) is 3.32. The van der Waals surface area contributed by atoms with E-state index in [4.69, 9.17) is 11.6 Å². The van der Waals surface area contributed by atoms with E-state index < -0.39 is 42.6 Å². The van der Waals surface area contributed by atoms with Crippen LogP contribution in [-0.4, -0.2) is 30.9 Å². The van der Waals surface area contributed by atoms with Gasteiger partial charge in [-0.25, -0.2) is 8.78 Å². The molecule has 0 aromatic heterocycles. The molecule has 0 unspecified atom stereocenters. The van der Waals surface area contributed by atoms with E-state index in [2.05, 4.69) is 15.4 Å². The Morgan fingerprint density at radius 1 is 1.04 bits per heavy atom. The smallest absolute Gasteiger partial charge is 0.325 e. The molecule has 26 heavy (non-hydrogen) atoms. The highest BCUT2D eigenvalue weighted by Crippen LogP contribution is 2.15. The fraction of sp³-hybridized carbons (Fsp3) is 0.118. The summed E-state index contributed by atoms with van der Waals surface area (Å²) in [6, 6.07) is 8.53. The molecular formula is C17H13ClF2N2O4. The van der Waals surface area contributed by atoms with Crippen molar-refractivity contribution in [3.63, 3.8) is 0 Å². The minimum atomic E-state index is -0.873. The maximum Gasteiger partial charge on any atom is 0.325 e. The molecule has 136 valence electrons. The van der Waals surface area contributed by atoms with Gasteiger partial charge < -0.3 is 15.4 Å². The van der Waals surface area contributed by atoms with Crippen molar-refractivity contribution in [3.05, 3.63) is 64.7 Å². The van der Waals surface area contributed by atoms with Crippen LogP contribution in [-0.2, 0) is 14.3 Å². The molecule has 0 fully saturated rings. The molecule has 9 heteroatoms. The zero-order valence-electron chi connectivity index (χ0n) is 13.2. The lowest BCUT2D eigenvalue weighted by molar-refractivity contribution is -0.146. The first-order valence-electron chi connectivity index (χ1n) is 7.29. The molecule has 0 spiro atoms. The molecule has 6 nitrogen and oxygen atoms in total. The maximum atomic E-state index is 13.4. The van der Waals surface area contributed by atoms with E-state index in [1.165, 1.54) is 24.3 Å². The molecule has 2 aromatic rings. The molecule has 2 aromatic carbocycles. The predicted molar refractivity (Wildman–Crippen MR) is 89.7 cm³/mol. The molecule has 2 N–H and O–H groups in total. The van der Waals surface area contributed by atoms with E-state index in [9.17, 15) is 23.2 Å². The Kier molecular flexibility index (Phi) is 6.62. The summed E-state index contributed by atoms with van der Waals surface area (Å²) >= 11 is 5.70. The second kappa shape index (κ2) is 8.91. The average Bonchev–Trinajstić information content (AvgIpc) is 2.61. The van der Waals surface area contributed by atoms with Gasteiger partial charge >= 0.3 is 5.97 Å². The van der Waals surface area contributed by atoms with Crippen LogP contribution >= 0.6 is 11.6 Å². The second-order valence-corrected chi connectivity index (χ2v) is 5.46. The number of benzene rings is 2. The molecule has 2 rings (SSSR count). The molecule has 0 heterocycles. The standard InChI is InChI=1S/C17H13ClF2N2O4/c18-11-3-1-10(2-4-11)17(25)21-8-16(24)26-9-15(23)22-14-7-12(19)5-6-13(14)20/h1-7H,8-9H2,(H,21,25)(H,22,23). The number of hydrogen-bond acceptors (Lipinski definition) is 4. The third-order valence-electron chi connectivity index (χ3n) is 3.07. The molecule has 0 saturated heterocycles. The van der Waals surface area contributed by atoms with Crippen LogP contribution < -0.4 is 10.6 Å². The topological polar surface area (TPSA) is 84.5 Å². The monoisotopic (exact) mass is 382 g/mol. The van der Waals surface area contributed by atoms with Gasteiger partial charge in [0.25, 0.3) is 11.8 Å². The van der Waals surface area contributed by atoms with Crippen molar-refractivity contribution in [2.24, 2.45) is 0 Å². The predicted octanol–water partition coefficient (Wildman–Crippen LogP) is 2.53. The fourth-order valence-electron chi connectivity index (χ4n) is 1.83. The van der Waals surface area contributed by atoms with Gasteiger partial charge in [0, 0.05) is 16.7 Å². The van der Waals surface area contributed by atoms with Gasteiger partial charge in [-0.05, 0) is 36.4 Å². The van der Waals surface area contributed by atoms with Crippen LogP contribution in [0, 0.1) is 11.6 Å². The van der Waals surface area contributed by atoms with Gasteiger partial charge in [-0.15, -0.1) is 0 Å². The normalized spacial score (nSPS) is 10.1. The summed E-state index contributed by atoms with van der Waals surface area (Å²) in [6.07, 6.45) is 0. The lowest BCUT2D eigenvalue weighted by Gasteiger charge is -2.08. The van der Waals surface area contributed by atoms with E-state index >= 15 is 0 Å². The largest absolute Gasteiger partial charge is 0.454 e. The Hall–Kier alpha value is -3.00. The van der Waals surface area contributed by atoms with Crippen molar-refractivity contribution in [3.8, 4) is 0 Å². The van der Waals surface area contributed by atoms with Crippen LogP contribution in [0.3, 0.4) is 0 Å². The molecule has 0 saturated carbocycles. The highest BCUT2D eigenvalue weighted by Gasteiger charge is 2.12. The van der Waals surface area contributed by atoms with Crippen LogP contribution in [0.25, 0.3) is 0 Å². The Balaban J connectivity index is 1.75. The fourth-order valence-corrected chi connectivity index (χ4v) is 1.96. The molecule has 0 aliphatic rings. The molecule has 0 radical (unpaired) electrons. The summed E-state index contributed by atoms with van der Waals surface area (Å²) < 4.78 is 31.0. The number of rotatable bonds is 6. The van der Waals surface area contributed by atoms with Gasteiger partial charge in [0.05, 0.1) is 5.69 Å². The SMILES string of the molecule is O=C(COC(=O)CNC(=O)c1ccc(Cl)cc1)Nc1cc(F)ccc1F. The molecule has 2 amide bonds. The minimum Gasteiger partial charge on any atom is -0.454 e. The number of amides is 2. The summed E-state index contributed by atoms with van der Waals surface area (Å²) in [5.74, 6) is -3.82. The lowest BCUT2D eigenvalue weighted by atomic mass is 10.2. The quantitative estimate of drug-likeness (QED) is 0.752. The Morgan fingerprint density at radius 3 is 2.42 bits per heavy atom. The third kappa shape index (κ3) is 5.82. The van der Waals surface area contributed by atoms with Gasteiger partial charge in [0.1, 0.15) is 18.2 Å². The van der Waals surface area contributed by atoms with Crippen molar-refractivity contribution < 1.29 is 27.9 Å². The number of carbonyl (C=O) groups excluding carboxylic acids is 3. The van der Waals surface area contributed by atoms with Gasteiger partial charge in [0.2, 0.25) is 0 Å². The van der Waals surface area contributed by atoms with Crippen molar-refractivity contribution in [2.75, 3.05) is 18.5 Å². The zero-order valence-corrected chi connectivity index (χ0v) is 14.0. The number of anilines is 1. The van der Waals surface area contributed by atoms with Crippen molar-refractivity contribution >= 4 is 35.1 Å². The maximum absolute atomic E-state index is 13.4. The Bertz CT molecular complexity index is 828. The minimum absolute atomic E-state index is 0.293. The summed E-state index contributed by atoms with van der Waals surface area (Å²) in [6.45, 7) is -1.19. The van der Waals surface area contributed by atoms with Gasteiger partial charge in [-0.1, -0.05) is 11.6 Å². The lowest BCUT2D eigenvalue weighted by Crippen LogP contribution is -2.32. The van der Waals surface area contributed by atoms with Gasteiger partial charge in [-0.3, -0.25) is 14.4 Å². The summed E-state index contributed by atoms with van der Waals surface area (Å²) in [7, 11) is 0. The van der Waals surface area contributed by atoms with Gasteiger partial charge in [0.15, 0.2) is 6.61 Å². The Morgan fingerprint density at radius 2 is 1.73 bits per heavy atom. The number of esters is 1. The van der Waals surface area contributed by atoms with Crippen LogP contribution in [0.2, 0.25) is 5.02 Å². The van der Waals surface area contributed by atoms with E-state index in [0.717, 1.165) is 18.2 Å². The number of nitrogens with one attached hydrogen (secondary N) is 2. The van der Waals surface area contributed by atoms with Gasteiger partial charge in [-0.2, -0.15) is 0 Å². The van der Waals surface area contributed by atoms with E-state index in [1.54, 1.807) is 0 Å². The first-order chi connectivity index (χ1) is 12.3. The first kappa shape index (κ1) is 19.3. The van der Waals surface area contributed by atoms with Crippen LogP contribution in [0.1, 0.15) is 10.4 Å². The molecule has 0 aliphatic heterocycles. The number of halogens is 3. The highest BCUT2D eigenvalue weighted by molar-refractivity contribution is 6.30. The number of hydrogen-bond donors (Lipinski definition) is 2. The van der Waals surface area contributed by atoms with Crippen molar-refractivity contribution in [1.29, 1.82) is 0 Å². The molecule has 0 bridgehead atoms. The highest BCUT2D eigenvalue weighted by atomic mass is 35.5. The number of ether oxygens (including phenoxy) is 1. The molecular weight excluding hydrogens is 370 g/mol. The van der Waals surface area contributed by atoms with E-state index in [0.29, 0.717) is 10.6 Å². The number of carbonyl (C=O) groups is 3. The van der Waals surface area contributed by atoms with Crippen LogP contribution in [0.15, 0.2) is 42.5 Å². The van der Waals surface area contributed by atoms with E-state index in [1.807, 2.05) is 0 Å². The van der Waals surface area contributed by atoms with Crippen LogP contribution in [0.5, 0.6) is 0 Å².